The molecule has 3 atom stereocenters. The van der Waals surface area contributed by atoms with Gasteiger partial charge in [0.15, 0.2) is 5.96 Å². The van der Waals surface area contributed by atoms with Gasteiger partial charge in [0.1, 0.15) is 0 Å². The lowest BCUT2D eigenvalue weighted by Gasteiger charge is -2.44. The quantitative estimate of drug-likeness (QED) is 0.508. The predicted octanol–water partition coefficient (Wildman–Crippen LogP) is 2.22. The first kappa shape index (κ1) is 23.3. The highest BCUT2D eigenvalue weighted by Crippen LogP contribution is 2.28. The predicted molar refractivity (Wildman–Crippen MR) is 122 cm³/mol. The molecule has 0 aromatic heterocycles. The lowest BCUT2D eigenvalue weighted by Crippen LogP contribution is -2.56. The lowest BCUT2D eigenvalue weighted by molar-refractivity contribution is -0.134. The number of carbonyl (C=O) groups is 1. The van der Waals surface area contributed by atoms with Crippen molar-refractivity contribution in [1.82, 2.24) is 20.4 Å². The number of morpholine rings is 1. The maximum atomic E-state index is 12.7. The van der Waals surface area contributed by atoms with E-state index in [1.165, 1.54) is 12.8 Å². The van der Waals surface area contributed by atoms with Crippen LogP contribution in [0.5, 0.6) is 0 Å². The average molecular weight is 422 g/mol. The fourth-order valence-electron chi connectivity index (χ4n) is 5.07. The van der Waals surface area contributed by atoms with Gasteiger partial charge < -0.3 is 20.3 Å². The summed E-state index contributed by atoms with van der Waals surface area (Å²) < 4.78 is 5.90. The van der Waals surface area contributed by atoms with Crippen LogP contribution < -0.4 is 10.6 Å². The first-order chi connectivity index (χ1) is 14.3. The fourth-order valence-corrected chi connectivity index (χ4v) is 5.07. The van der Waals surface area contributed by atoms with Gasteiger partial charge in [-0.05, 0) is 53.9 Å². The lowest BCUT2D eigenvalue weighted by atomic mass is 10.0. The number of hydrogen-bond donors (Lipinski definition) is 2. The van der Waals surface area contributed by atoms with Crippen LogP contribution in [0.4, 0.5) is 0 Å². The van der Waals surface area contributed by atoms with Crippen molar-refractivity contribution in [3.8, 4) is 0 Å². The molecule has 7 nitrogen and oxygen atoms in total. The Balaban J connectivity index is 1.54. The molecule has 1 amide bonds. The summed E-state index contributed by atoms with van der Waals surface area (Å²) in [6.45, 7) is 16.0. The molecule has 3 fully saturated rings. The Morgan fingerprint density at radius 2 is 1.77 bits per heavy atom. The highest BCUT2D eigenvalue weighted by atomic mass is 16.5. The second-order valence-corrected chi connectivity index (χ2v) is 10.1. The molecule has 2 saturated heterocycles. The first-order valence-electron chi connectivity index (χ1n) is 12.0. The number of guanidine groups is 1. The Morgan fingerprint density at radius 3 is 2.40 bits per heavy atom. The van der Waals surface area contributed by atoms with Crippen molar-refractivity contribution < 1.29 is 9.53 Å². The summed E-state index contributed by atoms with van der Waals surface area (Å²) in [4.78, 5) is 22.2. The minimum Gasteiger partial charge on any atom is -0.373 e. The van der Waals surface area contributed by atoms with E-state index < -0.39 is 0 Å². The monoisotopic (exact) mass is 421 g/mol. The molecular formula is C23H43N5O2. The van der Waals surface area contributed by atoms with E-state index in [0.717, 1.165) is 64.5 Å². The fraction of sp³-hybridized carbons (Fsp3) is 0.913. The normalized spacial score (nSPS) is 29.4. The first-order valence-corrected chi connectivity index (χ1v) is 12.0. The topological polar surface area (TPSA) is 69.2 Å². The van der Waals surface area contributed by atoms with Crippen LogP contribution in [0.15, 0.2) is 4.99 Å². The summed E-state index contributed by atoms with van der Waals surface area (Å²) in [5, 5.41) is 6.98. The Labute approximate surface area is 183 Å². The van der Waals surface area contributed by atoms with Crippen LogP contribution in [0.3, 0.4) is 0 Å². The average Bonchev–Trinajstić information content (AvgIpc) is 3.37. The van der Waals surface area contributed by atoms with Gasteiger partial charge in [-0.15, -0.1) is 0 Å². The van der Waals surface area contributed by atoms with E-state index in [2.05, 4.69) is 55.1 Å². The highest BCUT2D eigenvalue weighted by molar-refractivity contribution is 5.81. The van der Waals surface area contributed by atoms with Crippen molar-refractivity contribution in [3.63, 3.8) is 0 Å². The van der Waals surface area contributed by atoms with Gasteiger partial charge in [0, 0.05) is 50.2 Å². The summed E-state index contributed by atoms with van der Waals surface area (Å²) in [7, 11) is 0. The zero-order valence-corrected chi connectivity index (χ0v) is 19.7. The Hall–Kier alpha value is -1.34. The van der Waals surface area contributed by atoms with Crippen molar-refractivity contribution in [2.45, 2.75) is 90.5 Å². The van der Waals surface area contributed by atoms with Gasteiger partial charge in [-0.2, -0.15) is 0 Å². The van der Waals surface area contributed by atoms with Crippen molar-refractivity contribution in [1.29, 1.82) is 0 Å². The molecule has 1 aliphatic carbocycles. The van der Waals surface area contributed by atoms with E-state index in [9.17, 15) is 4.79 Å². The number of rotatable bonds is 6. The Kier molecular flexibility index (Phi) is 8.02. The van der Waals surface area contributed by atoms with Crippen LogP contribution in [0.25, 0.3) is 0 Å². The molecule has 2 N–H and O–H groups in total. The standard InChI is InChI=1S/C23H43N5O2/c1-6-24-22(25-16-23(4,5)28-13-17(2)30-18(3)14-28)26-20-11-12-27(15-20)21(29)19-9-7-8-10-19/h17-20H,6-16H2,1-5H3,(H2,24,25,26). The van der Waals surface area contributed by atoms with Crippen LogP contribution in [0, 0.1) is 5.92 Å². The molecule has 0 bridgehead atoms. The maximum Gasteiger partial charge on any atom is 0.225 e. The molecular weight excluding hydrogens is 378 g/mol. The molecule has 0 aromatic rings. The number of aliphatic imine (C=N–C) groups is 1. The Bertz CT molecular complexity index is 592. The molecule has 3 rings (SSSR count). The summed E-state index contributed by atoms with van der Waals surface area (Å²) in [5.74, 6) is 1.50. The van der Waals surface area contributed by atoms with Crippen molar-refractivity contribution >= 4 is 11.9 Å². The van der Waals surface area contributed by atoms with E-state index in [1.54, 1.807) is 0 Å². The van der Waals surface area contributed by atoms with Crippen LogP contribution in [0.1, 0.15) is 66.7 Å². The van der Waals surface area contributed by atoms with Crippen LogP contribution in [-0.2, 0) is 9.53 Å². The molecule has 3 aliphatic rings. The van der Waals surface area contributed by atoms with Gasteiger partial charge in [0.05, 0.1) is 18.8 Å². The van der Waals surface area contributed by atoms with Gasteiger partial charge in [0.25, 0.3) is 0 Å². The van der Waals surface area contributed by atoms with Gasteiger partial charge in [-0.1, -0.05) is 12.8 Å². The third-order valence-corrected chi connectivity index (χ3v) is 6.79. The van der Waals surface area contributed by atoms with Gasteiger partial charge in [-0.25, -0.2) is 0 Å². The SMILES string of the molecule is CCNC(=NCC(C)(C)N1CC(C)OC(C)C1)NC1CCN(C(=O)C2CCCC2)C1. The number of likely N-dealkylation sites (tertiary alicyclic amines) is 1. The third-order valence-electron chi connectivity index (χ3n) is 6.79. The minimum atomic E-state index is -0.0329. The maximum absolute atomic E-state index is 12.7. The number of nitrogens with one attached hydrogen (secondary N) is 2. The van der Waals surface area contributed by atoms with E-state index in [4.69, 9.17) is 9.73 Å². The summed E-state index contributed by atoms with van der Waals surface area (Å²) in [6.07, 6.45) is 6.07. The Morgan fingerprint density at radius 1 is 1.10 bits per heavy atom. The van der Waals surface area contributed by atoms with Crippen LogP contribution in [0.2, 0.25) is 0 Å². The molecule has 0 aromatic carbocycles. The number of nitrogens with zero attached hydrogens (tertiary/aromatic N) is 3. The zero-order valence-electron chi connectivity index (χ0n) is 19.7. The van der Waals surface area contributed by atoms with Gasteiger partial charge >= 0.3 is 0 Å². The molecule has 2 heterocycles. The summed E-state index contributed by atoms with van der Waals surface area (Å²) in [6, 6.07) is 0.277. The molecule has 172 valence electrons. The molecule has 30 heavy (non-hydrogen) atoms. The number of carbonyl (C=O) groups excluding carboxylic acids is 1. The summed E-state index contributed by atoms with van der Waals surface area (Å²) in [5.41, 5.74) is -0.0329. The molecule has 0 radical (unpaired) electrons. The van der Waals surface area contributed by atoms with Crippen molar-refractivity contribution in [2.75, 3.05) is 39.3 Å². The van der Waals surface area contributed by atoms with Gasteiger partial charge in [-0.3, -0.25) is 14.7 Å². The second-order valence-electron chi connectivity index (χ2n) is 10.1. The number of amides is 1. The highest BCUT2D eigenvalue weighted by Gasteiger charge is 2.34. The van der Waals surface area contributed by atoms with E-state index >= 15 is 0 Å². The van der Waals surface area contributed by atoms with Gasteiger partial charge in [0.2, 0.25) is 5.91 Å². The molecule has 2 aliphatic heterocycles. The largest absolute Gasteiger partial charge is 0.373 e. The summed E-state index contributed by atoms with van der Waals surface area (Å²) >= 11 is 0. The minimum absolute atomic E-state index is 0.0329. The number of hydrogen-bond acceptors (Lipinski definition) is 4. The van der Waals surface area contributed by atoms with Crippen LogP contribution in [-0.4, -0.2) is 84.7 Å². The van der Waals surface area contributed by atoms with E-state index in [1.807, 2.05) is 0 Å². The zero-order chi connectivity index (χ0) is 21.7. The molecule has 1 saturated carbocycles. The smallest absolute Gasteiger partial charge is 0.225 e. The molecule has 3 unspecified atom stereocenters. The van der Waals surface area contributed by atoms with Crippen LogP contribution >= 0.6 is 0 Å². The molecule has 0 spiro atoms. The number of ether oxygens (including phenoxy) is 1. The third kappa shape index (κ3) is 6.10. The second kappa shape index (κ2) is 10.3. The molecule has 7 heteroatoms. The van der Waals surface area contributed by atoms with E-state index in [-0.39, 0.29) is 29.7 Å². The van der Waals surface area contributed by atoms with Crippen molar-refractivity contribution in [2.24, 2.45) is 10.9 Å². The van der Waals surface area contributed by atoms with E-state index in [0.29, 0.717) is 5.91 Å². The van der Waals surface area contributed by atoms with Crippen molar-refractivity contribution in [3.05, 3.63) is 0 Å².